The van der Waals surface area contributed by atoms with Gasteiger partial charge in [0.25, 0.3) is 0 Å². The Labute approximate surface area is 110 Å². The minimum absolute atomic E-state index is 0.745. The Morgan fingerprint density at radius 1 is 1.33 bits per heavy atom. The summed E-state index contributed by atoms with van der Waals surface area (Å²) in [5.41, 5.74) is 3.67. The molecular weight excluding hydrogens is 226 g/mol. The van der Waals surface area contributed by atoms with E-state index in [-0.39, 0.29) is 0 Å². The van der Waals surface area contributed by atoms with E-state index in [1.807, 2.05) is 6.07 Å². The van der Waals surface area contributed by atoms with Crippen molar-refractivity contribution in [3.05, 3.63) is 34.9 Å². The first kappa shape index (κ1) is 14.7. The summed E-state index contributed by atoms with van der Waals surface area (Å²) in [7, 11) is 3.41. The SMILES string of the molecule is COCCNCC(C)=Cc1ccc(OC)c(C)c1. The third-order valence-corrected chi connectivity index (χ3v) is 2.72. The van der Waals surface area contributed by atoms with Crippen LogP contribution < -0.4 is 10.1 Å². The van der Waals surface area contributed by atoms with E-state index >= 15 is 0 Å². The van der Waals surface area contributed by atoms with E-state index in [0.717, 1.165) is 31.0 Å². The van der Waals surface area contributed by atoms with Crippen LogP contribution in [-0.2, 0) is 4.74 Å². The summed E-state index contributed by atoms with van der Waals surface area (Å²) >= 11 is 0. The molecule has 0 aromatic heterocycles. The quantitative estimate of drug-likeness (QED) is 0.754. The van der Waals surface area contributed by atoms with Gasteiger partial charge in [0.2, 0.25) is 0 Å². The number of aryl methyl sites for hydroxylation is 1. The van der Waals surface area contributed by atoms with Gasteiger partial charge in [0, 0.05) is 20.2 Å². The third kappa shape index (κ3) is 4.90. The number of methoxy groups -OCH3 is 2. The van der Waals surface area contributed by atoms with Gasteiger partial charge in [0.1, 0.15) is 5.75 Å². The molecule has 18 heavy (non-hydrogen) atoms. The van der Waals surface area contributed by atoms with Crippen molar-refractivity contribution in [3.63, 3.8) is 0 Å². The zero-order chi connectivity index (χ0) is 13.4. The average molecular weight is 249 g/mol. The Hall–Kier alpha value is -1.32. The van der Waals surface area contributed by atoms with Crippen molar-refractivity contribution in [2.75, 3.05) is 33.9 Å². The smallest absolute Gasteiger partial charge is 0.121 e. The van der Waals surface area contributed by atoms with Crippen LogP contribution in [0.5, 0.6) is 5.75 Å². The summed E-state index contributed by atoms with van der Waals surface area (Å²) in [6.45, 7) is 6.69. The molecule has 0 aliphatic carbocycles. The Morgan fingerprint density at radius 2 is 2.11 bits per heavy atom. The van der Waals surface area contributed by atoms with Crippen LogP contribution >= 0.6 is 0 Å². The van der Waals surface area contributed by atoms with Gasteiger partial charge in [0.05, 0.1) is 13.7 Å². The summed E-state index contributed by atoms with van der Waals surface area (Å²) in [6.07, 6.45) is 2.19. The molecular formula is C15H23NO2. The van der Waals surface area contributed by atoms with Gasteiger partial charge in [-0.1, -0.05) is 17.7 Å². The Kier molecular flexibility index (Phi) is 6.47. The van der Waals surface area contributed by atoms with Crippen LogP contribution in [0.25, 0.3) is 6.08 Å². The second-order valence-electron chi connectivity index (χ2n) is 4.39. The summed E-state index contributed by atoms with van der Waals surface area (Å²) in [6, 6.07) is 6.22. The molecule has 100 valence electrons. The molecule has 1 N–H and O–H groups in total. The molecule has 0 spiro atoms. The first-order chi connectivity index (χ1) is 8.67. The van der Waals surface area contributed by atoms with E-state index < -0.39 is 0 Å². The Bertz CT molecular complexity index is 399. The summed E-state index contributed by atoms with van der Waals surface area (Å²) in [5, 5.41) is 3.33. The number of rotatable bonds is 7. The first-order valence-electron chi connectivity index (χ1n) is 6.19. The fourth-order valence-corrected chi connectivity index (χ4v) is 1.79. The van der Waals surface area contributed by atoms with Crippen LogP contribution in [0, 0.1) is 6.92 Å². The lowest BCUT2D eigenvalue weighted by molar-refractivity contribution is 0.200. The predicted octanol–water partition coefficient (Wildman–Crippen LogP) is 2.64. The van der Waals surface area contributed by atoms with Crippen LogP contribution in [-0.4, -0.2) is 33.9 Å². The van der Waals surface area contributed by atoms with Gasteiger partial charge >= 0.3 is 0 Å². The van der Waals surface area contributed by atoms with E-state index in [2.05, 4.69) is 37.4 Å². The molecule has 0 heterocycles. The lowest BCUT2D eigenvalue weighted by atomic mass is 10.1. The minimum atomic E-state index is 0.745. The zero-order valence-corrected chi connectivity index (χ0v) is 11.7. The standard InChI is InChI=1S/C15H23NO2/c1-12(11-16-7-8-17-3)9-14-5-6-15(18-4)13(2)10-14/h5-6,9-10,16H,7-8,11H2,1-4H3. The average Bonchev–Trinajstić information content (AvgIpc) is 2.35. The van der Waals surface area contributed by atoms with Crippen molar-refractivity contribution in [2.24, 2.45) is 0 Å². The topological polar surface area (TPSA) is 30.5 Å². The van der Waals surface area contributed by atoms with Crippen molar-refractivity contribution in [3.8, 4) is 5.75 Å². The number of hydrogen-bond donors (Lipinski definition) is 1. The van der Waals surface area contributed by atoms with Crippen LogP contribution in [0.15, 0.2) is 23.8 Å². The lowest BCUT2D eigenvalue weighted by Crippen LogP contribution is -2.20. The van der Waals surface area contributed by atoms with Crippen molar-refractivity contribution in [1.82, 2.24) is 5.32 Å². The maximum atomic E-state index is 5.25. The van der Waals surface area contributed by atoms with E-state index in [1.54, 1.807) is 14.2 Å². The van der Waals surface area contributed by atoms with E-state index in [0.29, 0.717) is 0 Å². The summed E-state index contributed by atoms with van der Waals surface area (Å²) in [5.74, 6) is 0.933. The van der Waals surface area contributed by atoms with Crippen LogP contribution in [0.4, 0.5) is 0 Å². The highest BCUT2D eigenvalue weighted by Crippen LogP contribution is 2.19. The molecule has 0 radical (unpaired) electrons. The molecule has 1 rings (SSSR count). The molecule has 0 saturated carbocycles. The predicted molar refractivity (Wildman–Crippen MR) is 76.1 cm³/mol. The number of hydrogen-bond acceptors (Lipinski definition) is 3. The van der Waals surface area contributed by atoms with Crippen molar-refractivity contribution in [1.29, 1.82) is 0 Å². The maximum Gasteiger partial charge on any atom is 0.121 e. The Morgan fingerprint density at radius 3 is 2.72 bits per heavy atom. The van der Waals surface area contributed by atoms with E-state index in [9.17, 15) is 0 Å². The maximum absolute atomic E-state index is 5.25. The van der Waals surface area contributed by atoms with Gasteiger partial charge in [0.15, 0.2) is 0 Å². The fourth-order valence-electron chi connectivity index (χ4n) is 1.79. The van der Waals surface area contributed by atoms with Gasteiger partial charge in [-0.3, -0.25) is 0 Å². The third-order valence-electron chi connectivity index (χ3n) is 2.72. The van der Waals surface area contributed by atoms with E-state index in [1.165, 1.54) is 11.1 Å². The first-order valence-corrected chi connectivity index (χ1v) is 6.19. The second kappa shape index (κ2) is 7.90. The largest absolute Gasteiger partial charge is 0.496 e. The molecule has 0 bridgehead atoms. The molecule has 0 aliphatic heterocycles. The zero-order valence-electron chi connectivity index (χ0n) is 11.7. The minimum Gasteiger partial charge on any atom is -0.496 e. The molecule has 1 aromatic carbocycles. The highest BCUT2D eigenvalue weighted by Gasteiger charge is 1.98. The van der Waals surface area contributed by atoms with Gasteiger partial charge in [-0.15, -0.1) is 0 Å². The van der Waals surface area contributed by atoms with Crippen molar-refractivity contribution < 1.29 is 9.47 Å². The highest BCUT2D eigenvalue weighted by atomic mass is 16.5. The van der Waals surface area contributed by atoms with Crippen molar-refractivity contribution in [2.45, 2.75) is 13.8 Å². The molecule has 3 heteroatoms. The molecule has 1 aromatic rings. The van der Waals surface area contributed by atoms with E-state index in [4.69, 9.17) is 9.47 Å². The molecule has 0 saturated heterocycles. The molecule has 0 aliphatic rings. The molecule has 3 nitrogen and oxygen atoms in total. The summed E-state index contributed by atoms with van der Waals surface area (Å²) < 4.78 is 10.2. The van der Waals surface area contributed by atoms with Crippen molar-refractivity contribution >= 4 is 6.08 Å². The molecule has 0 fully saturated rings. The molecule has 0 unspecified atom stereocenters. The number of ether oxygens (including phenoxy) is 2. The number of benzene rings is 1. The van der Waals surface area contributed by atoms with Crippen LogP contribution in [0.1, 0.15) is 18.1 Å². The number of nitrogens with one attached hydrogen (secondary N) is 1. The fraction of sp³-hybridized carbons (Fsp3) is 0.467. The Balaban J connectivity index is 2.56. The van der Waals surface area contributed by atoms with Crippen LogP contribution in [0.3, 0.4) is 0 Å². The summed E-state index contributed by atoms with van der Waals surface area (Å²) in [4.78, 5) is 0. The van der Waals surface area contributed by atoms with Gasteiger partial charge in [-0.2, -0.15) is 0 Å². The monoisotopic (exact) mass is 249 g/mol. The van der Waals surface area contributed by atoms with Crippen LogP contribution in [0.2, 0.25) is 0 Å². The van der Waals surface area contributed by atoms with Gasteiger partial charge < -0.3 is 14.8 Å². The lowest BCUT2D eigenvalue weighted by Gasteiger charge is -2.07. The molecule has 0 amide bonds. The molecule has 0 atom stereocenters. The highest BCUT2D eigenvalue weighted by molar-refractivity contribution is 5.55. The van der Waals surface area contributed by atoms with Gasteiger partial charge in [-0.25, -0.2) is 0 Å². The normalized spacial score (nSPS) is 11.7. The second-order valence-corrected chi connectivity index (χ2v) is 4.39. The van der Waals surface area contributed by atoms with Gasteiger partial charge in [-0.05, 0) is 37.1 Å².